The minimum absolute atomic E-state index is 0.0264. The number of amides is 1. The summed E-state index contributed by atoms with van der Waals surface area (Å²) in [5.41, 5.74) is 5.21. The Bertz CT molecular complexity index is 397. The van der Waals surface area contributed by atoms with E-state index in [0.717, 1.165) is 0 Å². The van der Waals surface area contributed by atoms with Gasteiger partial charge in [-0.1, -0.05) is 19.9 Å². The monoisotopic (exact) mass is 268 g/mol. The first-order valence-electron chi connectivity index (χ1n) is 6.24. The van der Waals surface area contributed by atoms with Crippen LogP contribution >= 0.6 is 11.3 Å². The summed E-state index contributed by atoms with van der Waals surface area (Å²) in [5, 5.41) is 5.09. The predicted octanol–water partition coefficient (Wildman–Crippen LogP) is 1.68. The van der Waals surface area contributed by atoms with Crippen LogP contribution in [0.25, 0.3) is 0 Å². The van der Waals surface area contributed by atoms with Crippen LogP contribution in [0.15, 0.2) is 17.5 Å². The van der Waals surface area contributed by atoms with Crippen LogP contribution in [0.1, 0.15) is 31.2 Å². The molecule has 0 spiro atoms. The van der Waals surface area contributed by atoms with Crippen LogP contribution in [-0.4, -0.2) is 24.7 Å². The fourth-order valence-electron chi connectivity index (χ4n) is 2.08. The van der Waals surface area contributed by atoms with Crippen LogP contribution in [0, 0.1) is 5.92 Å². The van der Waals surface area contributed by atoms with Crippen molar-refractivity contribution in [3.8, 4) is 0 Å². The first-order chi connectivity index (χ1) is 8.53. The van der Waals surface area contributed by atoms with E-state index in [2.05, 4.69) is 19.2 Å². The molecule has 18 heavy (non-hydrogen) atoms. The quantitative estimate of drug-likeness (QED) is 0.873. The van der Waals surface area contributed by atoms with E-state index in [9.17, 15) is 4.79 Å². The minimum Gasteiger partial charge on any atom is -0.379 e. The van der Waals surface area contributed by atoms with Crippen molar-refractivity contribution in [2.45, 2.75) is 31.8 Å². The molecule has 2 unspecified atom stereocenters. The van der Waals surface area contributed by atoms with E-state index in [0.29, 0.717) is 25.6 Å². The van der Waals surface area contributed by atoms with E-state index < -0.39 is 5.54 Å². The van der Waals surface area contributed by atoms with Crippen LogP contribution in [0.3, 0.4) is 0 Å². The first-order valence-corrected chi connectivity index (χ1v) is 7.12. The third kappa shape index (κ3) is 2.74. The lowest BCUT2D eigenvalue weighted by Gasteiger charge is -2.27. The highest BCUT2D eigenvalue weighted by Crippen LogP contribution is 2.27. The molecule has 1 aliphatic heterocycles. The summed E-state index contributed by atoms with van der Waals surface area (Å²) >= 11 is 1.66. The second-order valence-electron chi connectivity index (χ2n) is 5.17. The standard InChI is InChI=1S/C13H20N2O2S/c1-9(2)11(10-4-3-7-18-10)15-12(16)13(14)5-6-17-8-13/h3-4,7,9,11H,5-6,8,14H2,1-2H3,(H,15,16). The summed E-state index contributed by atoms with van der Waals surface area (Å²) < 4.78 is 5.23. The van der Waals surface area contributed by atoms with Crippen molar-refractivity contribution in [1.29, 1.82) is 0 Å². The maximum Gasteiger partial charge on any atom is 0.243 e. The Morgan fingerprint density at radius 3 is 2.89 bits per heavy atom. The molecule has 5 heteroatoms. The maximum absolute atomic E-state index is 12.3. The molecular formula is C13H20N2O2S. The molecule has 0 aliphatic carbocycles. The van der Waals surface area contributed by atoms with Crippen LogP contribution in [-0.2, 0) is 9.53 Å². The Labute approximate surface area is 112 Å². The zero-order valence-electron chi connectivity index (χ0n) is 10.8. The van der Waals surface area contributed by atoms with Crippen molar-refractivity contribution in [3.05, 3.63) is 22.4 Å². The van der Waals surface area contributed by atoms with Crippen molar-refractivity contribution >= 4 is 17.2 Å². The van der Waals surface area contributed by atoms with Gasteiger partial charge in [-0.3, -0.25) is 4.79 Å². The smallest absolute Gasteiger partial charge is 0.243 e. The second-order valence-corrected chi connectivity index (χ2v) is 6.15. The lowest BCUT2D eigenvalue weighted by atomic mass is 9.96. The van der Waals surface area contributed by atoms with E-state index in [4.69, 9.17) is 10.5 Å². The van der Waals surface area contributed by atoms with Gasteiger partial charge in [0, 0.05) is 11.5 Å². The zero-order chi connectivity index (χ0) is 13.2. The summed E-state index contributed by atoms with van der Waals surface area (Å²) in [4.78, 5) is 13.4. The van der Waals surface area contributed by atoms with Gasteiger partial charge in [0.25, 0.3) is 0 Å². The molecular weight excluding hydrogens is 248 g/mol. The molecule has 2 heterocycles. The van der Waals surface area contributed by atoms with E-state index >= 15 is 0 Å². The number of carbonyl (C=O) groups excluding carboxylic acids is 1. The molecule has 2 atom stereocenters. The number of nitrogens with one attached hydrogen (secondary N) is 1. The Balaban J connectivity index is 2.08. The average molecular weight is 268 g/mol. The summed E-state index contributed by atoms with van der Waals surface area (Å²) in [7, 11) is 0. The molecule has 4 nitrogen and oxygen atoms in total. The lowest BCUT2D eigenvalue weighted by molar-refractivity contribution is -0.127. The van der Waals surface area contributed by atoms with Crippen LogP contribution < -0.4 is 11.1 Å². The molecule has 1 aromatic heterocycles. The van der Waals surface area contributed by atoms with E-state index in [1.165, 1.54) is 4.88 Å². The first kappa shape index (κ1) is 13.5. The Hall–Kier alpha value is -0.910. The van der Waals surface area contributed by atoms with Gasteiger partial charge in [-0.2, -0.15) is 0 Å². The third-order valence-corrected chi connectivity index (χ3v) is 4.26. The SMILES string of the molecule is CC(C)C(NC(=O)C1(N)CCOC1)c1cccs1. The second kappa shape index (κ2) is 5.38. The van der Waals surface area contributed by atoms with Gasteiger partial charge in [0.05, 0.1) is 12.6 Å². The molecule has 1 aliphatic rings. The molecule has 0 saturated carbocycles. The molecule has 0 aromatic carbocycles. The van der Waals surface area contributed by atoms with Gasteiger partial charge in [-0.25, -0.2) is 0 Å². The minimum atomic E-state index is -0.857. The van der Waals surface area contributed by atoms with Gasteiger partial charge in [-0.05, 0) is 23.8 Å². The topological polar surface area (TPSA) is 64.4 Å². The van der Waals surface area contributed by atoms with Gasteiger partial charge >= 0.3 is 0 Å². The van der Waals surface area contributed by atoms with Crippen molar-refractivity contribution in [2.75, 3.05) is 13.2 Å². The van der Waals surface area contributed by atoms with Gasteiger partial charge in [0.15, 0.2) is 0 Å². The Morgan fingerprint density at radius 2 is 2.39 bits per heavy atom. The molecule has 0 bridgehead atoms. The third-order valence-electron chi connectivity index (χ3n) is 3.31. The number of ether oxygens (including phenoxy) is 1. The molecule has 1 saturated heterocycles. The van der Waals surface area contributed by atoms with Crippen molar-refractivity contribution < 1.29 is 9.53 Å². The molecule has 2 rings (SSSR count). The Kier molecular flexibility index (Phi) is 4.04. The summed E-state index contributed by atoms with van der Waals surface area (Å²) in [6.07, 6.45) is 0.591. The van der Waals surface area contributed by atoms with Crippen molar-refractivity contribution in [3.63, 3.8) is 0 Å². The van der Waals surface area contributed by atoms with E-state index in [-0.39, 0.29) is 11.9 Å². The summed E-state index contributed by atoms with van der Waals surface area (Å²) in [6.45, 7) is 5.07. The largest absolute Gasteiger partial charge is 0.379 e. The summed E-state index contributed by atoms with van der Waals surface area (Å²) in [5.74, 6) is 0.227. The molecule has 0 radical (unpaired) electrons. The lowest BCUT2D eigenvalue weighted by Crippen LogP contribution is -2.55. The van der Waals surface area contributed by atoms with Gasteiger partial charge in [-0.15, -0.1) is 11.3 Å². The number of thiophene rings is 1. The predicted molar refractivity (Wildman–Crippen MR) is 72.4 cm³/mol. The highest BCUT2D eigenvalue weighted by molar-refractivity contribution is 7.10. The fourth-order valence-corrected chi connectivity index (χ4v) is 3.03. The van der Waals surface area contributed by atoms with Crippen molar-refractivity contribution in [2.24, 2.45) is 11.7 Å². The Morgan fingerprint density at radius 1 is 1.61 bits per heavy atom. The number of nitrogens with two attached hydrogens (primary N) is 1. The molecule has 3 N–H and O–H groups in total. The molecule has 1 aromatic rings. The molecule has 1 fully saturated rings. The zero-order valence-corrected chi connectivity index (χ0v) is 11.6. The number of rotatable bonds is 4. The fraction of sp³-hybridized carbons (Fsp3) is 0.615. The van der Waals surface area contributed by atoms with Crippen LogP contribution in [0.4, 0.5) is 0 Å². The van der Waals surface area contributed by atoms with Gasteiger partial charge in [0.2, 0.25) is 5.91 Å². The number of hydrogen-bond acceptors (Lipinski definition) is 4. The van der Waals surface area contributed by atoms with Gasteiger partial charge in [0.1, 0.15) is 5.54 Å². The van der Waals surface area contributed by atoms with E-state index in [1.54, 1.807) is 11.3 Å². The summed E-state index contributed by atoms with van der Waals surface area (Å²) in [6, 6.07) is 4.07. The van der Waals surface area contributed by atoms with Crippen LogP contribution in [0.5, 0.6) is 0 Å². The highest BCUT2D eigenvalue weighted by atomic mass is 32.1. The highest BCUT2D eigenvalue weighted by Gasteiger charge is 2.39. The van der Waals surface area contributed by atoms with Crippen molar-refractivity contribution in [1.82, 2.24) is 5.32 Å². The van der Waals surface area contributed by atoms with E-state index in [1.807, 2.05) is 17.5 Å². The number of carbonyl (C=O) groups is 1. The molecule has 100 valence electrons. The normalized spacial score (nSPS) is 25.3. The van der Waals surface area contributed by atoms with Gasteiger partial charge < -0.3 is 15.8 Å². The number of hydrogen-bond donors (Lipinski definition) is 2. The molecule has 1 amide bonds. The maximum atomic E-state index is 12.3. The average Bonchev–Trinajstić information content (AvgIpc) is 2.96. The van der Waals surface area contributed by atoms with Crippen LogP contribution in [0.2, 0.25) is 0 Å².